The third kappa shape index (κ3) is 4.55. The van der Waals surface area contributed by atoms with Gasteiger partial charge in [0, 0.05) is 6.54 Å². The molecule has 0 bridgehead atoms. The Labute approximate surface area is 157 Å². The summed E-state index contributed by atoms with van der Waals surface area (Å²) in [7, 11) is 1.61. The van der Waals surface area contributed by atoms with Crippen molar-refractivity contribution in [2.45, 2.75) is 49.4 Å². The van der Waals surface area contributed by atoms with Crippen molar-refractivity contribution < 1.29 is 9.53 Å². The summed E-state index contributed by atoms with van der Waals surface area (Å²) in [4.78, 5) is 12.4. The minimum Gasteiger partial charge on any atom is -0.494 e. The third-order valence-electron chi connectivity index (χ3n) is 4.70. The molecule has 1 aromatic carbocycles. The standard InChI is InChI=1S/C18H25N5O2S/c1-13(17(24)19-12-14-8-4-3-5-9-14)26-18-20-21-22-23(18)15-10-6-7-11-16(15)25-2/h6-7,10-11,13-14H,3-5,8-9,12H2,1-2H3,(H,19,24). The number of para-hydroxylation sites is 2. The molecule has 0 aliphatic heterocycles. The SMILES string of the molecule is COc1ccccc1-n1nnnc1SC(C)C(=O)NCC1CCCCC1. The first kappa shape index (κ1) is 18.7. The molecule has 1 saturated carbocycles. The third-order valence-corrected chi connectivity index (χ3v) is 5.73. The monoisotopic (exact) mass is 375 g/mol. The molecule has 1 aromatic heterocycles. The van der Waals surface area contributed by atoms with Crippen LogP contribution in [0.2, 0.25) is 0 Å². The largest absolute Gasteiger partial charge is 0.494 e. The second kappa shape index (κ2) is 9.02. The normalized spacial score (nSPS) is 16.2. The first-order chi connectivity index (χ1) is 12.7. The Morgan fingerprint density at radius 1 is 1.35 bits per heavy atom. The Balaban J connectivity index is 1.62. The van der Waals surface area contributed by atoms with Crippen LogP contribution in [0.15, 0.2) is 29.4 Å². The van der Waals surface area contributed by atoms with Crippen molar-refractivity contribution in [2.75, 3.05) is 13.7 Å². The lowest BCUT2D eigenvalue weighted by atomic mass is 9.89. The second-order valence-electron chi connectivity index (χ2n) is 6.55. The minimum atomic E-state index is -0.280. The van der Waals surface area contributed by atoms with Gasteiger partial charge in [0.1, 0.15) is 11.4 Å². The maximum atomic E-state index is 12.4. The van der Waals surface area contributed by atoms with Gasteiger partial charge in [0.05, 0.1) is 12.4 Å². The Morgan fingerprint density at radius 2 is 2.12 bits per heavy atom. The zero-order chi connectivity index (χ0) is 18.4. The summed E-state index contributed by atoms with van der Waals surface area (Å²) in [6, 6.07) is 7.52. The minimum absolute atomic E-state index is 0.0233. The lowest BCUT2D eigenvalue weighted by Gasteiger charge is -2.22. The molecule has 1 aliphatic carbocycles. The number of methoxy groups -OCH3 is 1. The van der Waals surface area contributed by atoms with Gasteiger partial charge in [-0.3, -0.25) is 4.79 Å². The van der Waals surface area contributed by atoms with Crippen molar-refractivity contribution in [3.05, 3.63) is 24.3 Å². The molecule has 140 valence electrons. The quantitative estimate of drug-likeness (QED) is 0.750. The number of hydrogen-bond acceptors (Lipinski definition) is 6. The Kier molecular flexibility index (Phi) is 6.49. The van der Waals surface area contributed by atoms with Gasteiger partial charge in [-0.2, -0.15) is 4.68 Å². The number of amides is 1. The van der Waals surface area contributed by atoms with Crippen molar-refractivity contribution in [3.8, 4) is 11.4 Å². The van der Waals surface area contributed by atoms with E-state index < -0.39 is 0 Å². The maximum Gasteiger partial charge on any atom is 0.233 e. The molecular weight excluding hydrogens is 350 g/mol. The zero-order valence-corrected chi connectivity index (χ0v) is 16.0. The van der Waals surface area contributed by atoms with E-state index in [0.29, 0.717) is 16.8 Å². The van der Waals surface area contributed by atoms with Crippen LogP contribution in [-0.2, 0) is 4.79 Å². The fourth-order valence-electron chi connectivity index (χ4n) is 3.20. The van der Waals surface area contributed by atoms with Crippen molar-refractivity contribution in [2.24, 2.45) is 5.92 Å². The number of aromatic nitrogens is 4. The van der Waals surface area contributed by atoms with E-state index in [-0.39, 0.29) is 11.2 Å². The fourth-order valence-corrected chi connectivity index (χ4v) is 4.02. The van der Waals surface area contributed by atoms with Crippen LogP contribution in [0, 0.1) is 5.92 Å². The molecule has 1 heterocycles. The Morgan fingerprint density at radius 3 is 2.88 bits per heavy atom. The topological polar surface area (TPSA) is 81.9 Å². The van der Waals surface area contributed by atoms with Crippen LogP contribution in [0.5, 0.6) is 5.75 Å². The van der Waals surface area contributed by atoms with E-state index in [1.807, 2.05) is 31.2 Å². The van der Waals surface area contributed by atoms with E-state index in [9.17, 15) is 4.79 Å². The molecule has 1 unspecified atom stereocenters. The summed E-state index contributed by atoms with van der Waals surface area (Å²) in [6.07, 6.45) is 6.31. The molecule has 0 radical (unpaired) electrons. The summed E-state index contributed by atoms with van der Waals surface area (Å²) >= 11 is 1.34. The number of nitrogens with one attached hydrogen (secondary N) is 1. The first-order valence-corrected chi connectivity index (χ1v) is 9.93. The van der Waals surface area contributed by atoms with Gasteiger partial charge in [-0.15, -0.1) is 5.10 Å². The van der Waals surface area contributed by atoms with Crippen LogP contribution < -0.4 is 10.1 Å². The Hall–Kier alpha value is -2.09. The maximum absolute atomic E-state index is 12.4. The molecular formula is C18H25N5O2S. The van der Waals surface area contributed by atoms with Crippen molar-refractivity contribution in [1.29, 1.82) is 0 Å². The number of ether oxygens (including phenoxy) is 1. The second-order valence-corrected chi connectivity index (χ2v) is 7.86. The van der Waals surface area contributed by atoms with E-state index >= 15 is 0 Å². The molecule has 3 rings (SSSR count). The van der Waals surface area contributed by atoms with Gasteiger partial charge in [-0.1, -0.05) is 43.2 Å². The van der Waals surface area contributed by atoms with Gasteiger partial charge in [0.25, 0.3) is 0 Å². The van der Waals surface area contributed by atoms with Gasteiger partial charge >= 0.3 is 0 Å². The molecule has 1 atom stereocenters. The Bertz CT molecular complexity index is 730. The van der Waals surface area contributed by atoms with Gasteiger partial charge in [0.15, 0.2) is 0 Å². The van der Waals surface area contributed by atoms with Crippen molar-refractivity contribution in [3.63, 3.8) is 0 Å². The molecule has 7 nitrogen and oxygen atoms in total. The molecule has 0 spiro atoms. The molecule has 2 aromatic rings. The molecule has 1 fully saturated rings. The van der Waals surface area contributed by atoms with Crippen LogP contribution in [0.25, 0.3) is 5.69 Å². The number of thioether (sulfide) groups is 1. The number of carbonyl (C=O) groups is 1. The summed E-state index contributed by atoms with van der Waals surface area (Å²) in [5, 5.41) is 15.2. The van der Waals surface area contributed by atoms with Crippen LogP contribution in [-0.4, -0.2) is 45.0 Å². The van der Waals surface area contributed by atoms with Gasteiger partial charge in [-0.05, 0) is 48.2 Å². The highest BCUT2D eigenvalue weighted by Gasteiger charge is 2.21. The number of carbonyl (C=O) groups excluding carboxylic acids is 1. The number of benzene rings is 1. The number of hydrogen-bond donors (Lipinski definition) is 1. The van der Waals surface area contributed by atoms with Crippen molar-refractivity contribution in [1.82, 2.24) is 25.5 Å². The average Bonchev–Trinajstić information content (AvgIpc) is 3.14. The van der Waals surface area contributed by atoms with E-state index in [2.05, 4.69) is 20.8 Å². The van der Waals surface area contributed by atoms with Crippen LogP contribution in [0.4, 0.5) is 0 Å². The number of rotatable bonds is 7. The molecule has 1 amide bonds. The fraction of sp³-hybridized carbons (Fsp3) is 0.556. The summed E-state index contributed by atoms with van der Waals surface area (Å²) in [5.74, 6) is 1.31. The molecule has 8 heteroatoms. The molecule has 0 saturated heterocycles. The van der Waals surface area contributed by atoms with Crippen LogP contribution in [0.1, 0.15) is 39.0 Å². The summed E-state index contributed by atoms with van der Waals surface area (Å²) in [6.45, 7) is 2.64. The lowest BCUT2D eigenvalue weighted by Crippen LogP contribution is -2.35. The summed E-state index contributed by atoms with van der Waals surface area (Å²) < 4.78 is 6.98. The van der Waals surface area contributed by atoms with E-state index in [1.165, 1.54) is 43.9 Å². The van der Waals surface area contributed by atoms with Gasteiger partial charge in [0.2, 0.25) is 11.1 Å². The highest BCUT2D eigenvalue weighted by atomic mass is 32.2. The van der Waals surface area contributed by atoms with Crippen LogP contribution >= 0.6 is 11.8 Å². The lowest BCUT2D eigenvalue weighted by molar-refractivity contribution is -0.120. The number of tetrazole rings is 1. The van der Waals surface area contributed by atoms with Gasteiger partial charge in [-0.25, -0.2) is 0 Å². The predicted octanol–water partition coefficient (Wildman–Crippen LogP) is 2.85. The first-order valence-electron chi connectivity index (χ1n) is 9.05. The molecule has 26 heavy (non-hydrogen) atoms. The average molecular weight is 375 g/mol. The van der Waals surface area contributed by atoms with Gasteiger partial charge < -0.3 is 10.1 Å². The highest BCUT2D eigenvalue weighted by Crippen LogP contribution is 2.28. The van der Waals surface area contributed by atoms with E-state index in [0.717, 1.165) is 12.2 Å². The van der Waals surface area contributed by atoms with Crippen molar-refractivity contribution >= 4 is 17.7 Å². The molecule has 1 N–H and O–H groups in total. The highest BCUT2D eigenvalue weighted by molar-refractivity contribution is 8.00. The van der Waals surface area contributed by atoms with Crippen LogP contribution in [0.3, 0.4) is 0 Å². The smallest absolute Gasteiger partial charge is 0.233 e. The zero-order valence-electron chi connectivity index (χ0n) is 15.2. The van der Waals surface area contributed by atoms with E-state index in [4.69, 9.17) is 4.74 Å². The predicted molar refractivity (Wildman–Crippen MR) is 101 cm³/mol. The molecule has 1 aliphatic rings. The van der Waals surface area contributed by atoms with E-state index in [1.54, 1.807) is 11.8 Å². The number of nitrogens with zero attached hydrogens (tertiary/aromatic N) is 4. The summed E-state index contributed by atoms with van der Waals surface area (Å²) in [5.41, 5.74) is 0.748.